The normalized spacial score (nSPS) is 18.8. The summed E-state index contributed by atoms with van der Waals surface area (Å²) < 4.78 is 19.1. The van der Waals surface area contributed by atoms with Gasteiger partial charge >= 0.3 is 5.97 Å². The second-order valence-electron chi connectivity index (χ2n) is 4.74. The number of hydrogen-bond acceptors (Lipinski definition) is 3. The highest BCUT2D eigenvalue weighted by Gasteiger charge is 2.30. The molecule has 4 nitrogen and oxygen atoms in total. The van der Waals surface area contributed by atoms with E-state index in [4.69, 9.17) is 4.74 Å². The highest BCUT2D eigenvalue weighted by atomic mass is 79.9. The zero-order valence-corrected chi connectivity index (χ0v) is 12.7. The number of methoxy groups -OCH3 is 1. The summed E-state index contributed by atoms with van der Waals surface area (Å²) in [5, 5.41) is 0. The lowest BCUT2D eigenvalue weighted by atomic mass is 9.97. The average molecular weight is 344 g/mol. The van der Waals surface area contributed by atoms with Crippen LogP contribution in [-0.2, 0) is 9.53 Å². The summed E-state index contributed by atoms with van der Waals surface area (Å²) in [6.45, 7) is 0.808. The van der Waals surface area contributed by atoms with Crippen LogP contribution in [0.15, 0.2) is 22.7 Å². The van der Waals surface area contributed by atoms with Crippen molar-refractivity contribution in [2.24, 2.45) is 5.92 Å². The Labute approximate surface area is 125 Å². The summed E-state index contributed by atoms with van der Waals surface area (Å²) in [5.41, 5.74) is 0.0266. The van der Waals surface area contributed by atoms with Crippen LogP contribution in [0.3, 0.4) is 0 Å². The van der Waals surface area contributed by atoms with E-state index >= 15 is 0 Å². The van der Waals surface area contributed by atoms with E-state index in [1.807, 2.05) is 0 Å². The van der Waals surface area contributed by atoms with Gasteiger partial charge in [-0.2, -0.15) is 0 Å². The van der Waals surface area contributed by atoms with Crippen molar-refractivity contribution in [1.29, 1.82) is 0 Å². The first-order valence-electron chi connectivity index (χ1n) is 6.35. The van der Waals surface area contributed by atoms with Gasteiger partial charge in [0.05, 0.1) is 18.6 Å². The first-order valence-corrected chi connectivity index (χ1v) is 7.14. The summed E-state index contributed by atoms with van der Waals surface area (Å²) in [4.78, 5) is 25.4. The minimum absolute atomic E-state index is 0.0266. The number of nitrogens with zero attached hydrogens (tertiary/aromatic N) is 1. The molecule has 1 aromatic rings. The second kappa shape index (κ2) is 6.35. The van der Waals surface area contributed by atoms with Gasteiger partial charge in [0.2, 0.25) is 0 Å². The van der Waals surface area contributed by atoms with Crippen LogP contribution in [0.25, 0.3) is 0 Å². The van der Waals surface area contributed by atoms with Crippen LogP contribution in [0.4, 0.5) is 4.39 Å². The third kappa shape index (κ3) is 3.17. The molecule has 0 unspecified atom stereocenters. The fourth-order valence-corrected chi connectivity index (χ4v) is 2.69. The monoisotopic (exact) mass is 343 g/mol. The Hall–Kier alpha value is -1.43. The Morgan fingerprint density at radius 3 is 2.85 bits per heavy atom. The molecule has 0 radical (unpaired) electrons. The van der Waals surface area contributed by atoms with Gasteiger partial charge in [0.1, 0.15) is 5.82 Å². The van der Waals surface area contributed by atoms with Crippen molar-refractivity contribution in [3.63, 3.8) is 0 Å². The first kappa shape index (κ1) is 15.0. The number of rotatable bonds is 2. The fraction of sp³-hybridized carbons (Fsp3) is 0.429. The number of carbonyl (C=O) groups is 2. The van der Waals surface area contributed by atoms with E-state index in [1.165, 1.54) is 24.1 Å². The molecule has 0 saturated carbocycles. The molecule has 0 bridgehead atoms. The van der Waals surface area contributed by atoms with E-state index in [2.05, 4.69) is 15.9 Å². The maximum atomic E-state index is 13.8. The van der Waals surface area contributed by atoms with Crippen molar-refractivity contribution in [2.45, 2.75) is 12.8 Å². The van der Waals surface area contributed by atoms with Crippen molar-refractivity contribution in [3.8, 4) is 0 Å². The molecule has 6 heteroatoms. The highest BCUT2D eigenvalue weighted by molar-refractivity contribution is 9.10. The van der Waals surface area contributed by atoms with Crippen molar-refractivity contribution < 1.29 is 18.7 Å². The van der Waals surface area contributed by atoms with Crippen LogP contribution in [0.2, 0.25) is 0 Å². The molecule has 1 saturated heterocycles. The van der Waals surface area contributed by atoms with Crippen LogP contribution >= 0.6 is 15.9 Å². The van der Waals surface area contributed by atoms with Crippen molar-refractivity contribution in [2.75, 3.05) is 20.2 Å². The zero-order chi connectivity index (χ0) is 14.7. The molecule has 20 heavy (non-hydrogen) atoms. The maximum absolute atomic E-state index is 13.8. The summed E-state index contributed by atoms with van der Waals surface area (Å²) >= 11 is 3.15. The minimum atomic E-state index is -0.565. The highest BCUT2D eigenvalue weighted by Crippen LogP contribution is 2.22. The number of benzene rings is 1. The van der Waals surface area contributed by atoms with Crippen LogP contribution in [-0.4, -0.2) is 37.0 Å². The lowest BCUT2D eigenvalue weighted by molar-refractivity contribution is -0.146. The molecular formula is C14H15BrFNO3. The first-order chi connectivity index (χ1) is 9.52. The van der Waals surface area contributed by atoms with E-state index in [0.29, 0.717) is 23.9 Å². The SMILES string of the molecule is COC(=O)[C@H]1CCCN(C(=O)c2ccc(Br)cc2F)C1. The van der Waals surface area contributed by atoms with Gasteiger partial charge in [-0.3, -0.25) is 9.59 Å². The largest absolute Gasteiger partial charge is 0.469 e. The molecule has 0 spiro atoms. The van der Waals surface area contributed by atoms with Gasteiger partial charge in [-0.1, -0.05) is 15.9 Å². The van der Waals surface area contributed by atoms with Crippen molar-refractivity contribution >= 4 is 27.8 Å². The molecule has 1 atom stereocenters. The van der Waals surface area contributed by atoms with Gasteiger partial charge < -0.3 is 9.64 Å². The molecule has 1 aliphatic heterocycles. The zero-order valence-electron chi connectivity index (χ0n) is 11.1. The van der Waals surface area contributed by atoms with Gasteiger partial charge in [0, 0.05) is 17.6 Å². The molecule has 2 rings (SSSR count). The Kier molecular flexibility index (Phi) is 4.75. The topological polar surface area (TPSA) is 46.6 Å². The molecule has 108 valence electrons. The lowest BCUT2D eigenvalue weighted by Crippen LogP contribution is -2.42. The Morgan fingerprint density at radius 2 is 2.20 bits per heavy atom. The Balaban J connectivity index is 2.14. The Morgan fingerprint density at radius 1 is 1.45 bits per heavy atom. The lowest BCUT2D eigenvalue weighted by Gasteiger charge is -2.31. The van der Waals surface area contributed by atoms with Gasteiger partial charge in [0.15, 0.2) is 0 Å². The third-order valence-electron chi connectivity index (χ3n) is 3.40. The van der Waals surface area contributed by atoms with E-state index < -0.39 is 5.82 Å². The number of ether oxygens (including phenoxy) is 1. The van der Waals surface area contributed by atoms with Crippen molar-refractivity contribution in [3.05, 3.63) is 34.1 Å². The van der Waals surface area contributed by atoms with Crippen LogP contribution in [0.1, 0.15) is 23.2 Å². The molecule has 0 aliphatic carbocycles. The molecule has 1 aliphatic rings. The minimum Gasteiger partial charge on any atom is -0.469 e. The second-order valence-corrected chi connectivity index (χ2v) is 5.65. The van der Waals surface area contributed by atoms with Crippen LogP contribution in [0, 0.1) is 11.7 Å². The fourth-order valence-electron chi connectivity index (χ4n) is 2.35. The number of amides is 1. The molecule has 0 N–H and O–H groups in total. The van der Waals surface area contributed by atoms with Gasteiger partial charge in [-0.15, -0.1) is 0 Å². The van der Waals surface area contributed by atoms with E-state index in [1.54, 1.807) is 6.07 Å². The molecule has 1 aromatic carbocycles. The van der Waals surface area contributed by atoms with E-state index in [9.17, 15) is 14.0 Å². The van der Waals surface area contributed by atoms with E-state index in [0.717, 1.165) is 0 Å². The quantitative estimate of drug-likeness (QED) is 0.775. The third-order valence-corrected chi connectivity index (χ3v) is 3.90. The van der Waals surface area contributed by atoms with Crippen LogP contribution < -0.4 is 0 Å². The number of halogens is 2. The standard InChI is InChI=1S/C14H15BrFNO3/c1-20-14(19)9-3-2-6-17(8-9)13(18)11-5-4-10(15)7-12(11)16/h4-5,7,9H,2-3,6,8H2,1H3/t9-/m0/s1. The number of esters is 1. The summed E-state index contributed by atoms with van der Waals surface area (Å²) in [6, 6.07) is 4.33. The molecular weight excluding hydrogens is 329 g/mol. The summed E-state index contributed by atoms with van der Waals surface area (Å²) in [6.07, 6.45) is 1.41. The molecule has 1 fully saturated rings. The number of hydrogen-bond donors (Lipinski definition) is 0. The molecule has 1 heterocycles. The number of carbonyl (C=O) groups excluding carboxylic acids is 2. The number of piperidine rings is 1. The van der Waals surface area contributed by atoms with Gasteiger partial charge in [-0.25, -0.2) is 4.39 Å². The van der Waals surface area contributed by atoms with Crippen LogP contribution in [0.5, 0.6) is 0 Å². The van der Waals surface area contributed by atoms with E-state index in [-0.39, 0.29) is 29.9 Å². The maximum Gasteiger partial charge on any atom is 0.310 e. The smallest absolute Gasteiger partial charge is 0.310 e. The summed E-state index contributed by atoms with van der Waals surface area (Å²) in [5.74, 6) is -1.59. The van der Waals surface area contributed by atoms with Crippen molar-refractivity contribution in [1.82, 2.24) is 4.90 Å². The molecule has 1 amide bonds. The predicted octanol–water partition coefficient (Wildman–Crippen LogP) is 2.61. The Bertz CT molecular complexity index is 535. The summed E-state index contributed by atoms with van der Waals surface area (Å²) in [7, 11) is 1.33. The molecule has 0 aromatic heterocycles. The number of likely N-dealkylation sites (tertiary alicyclic amines) is 1. The average Bonchev–Trinajstić information content (AvgIpc) is 2.46. The predicted molar refractivity (Wildman–Crippen MR) is 74.7 cm³/mol. The van der Waals surface area contributed by atoms with Gasteiger partial charge in [0.25, 0.3) is 5.91 Å². The van der Waals surface area contributed by atoms with Gasteiger partial charge in [-0.05, 0) is 31.0 Å².